The quantitative estimate of drug-likeness (QED) is 0.773. The van der Waals surface area contributed by atoms with E-state index in [1.165, 1.54) is 32.1 Å². The first-order valence-corrected chi connectivity index (χ1v) is 7.94. The molecular weight excluding hydrogens is 266 g/mol. The number of methoxy groups -OCH3 is 1. The van der Waals surface area contributed by atoms with Gasteiger partial charge in [0, 0.05) is 6.54 Å². The Morgan fingerprint density at radius 2 is 1.90 bits per heavy atom. The van der Waals surface area contributed by atoms with Gasteiger partial charge in [-0.2, -0.15) is 0 Å². The van der Waals surface area contributed by atoms with Gasteiger partial charge in [0.1, 0.15) is 12.7 Å². The Morgan fingerprint density at radius 3 is 2.62 bits per heavy atom. The second-order valence-corrected chi connectivity index (χ2v) is 5.78. The lowest BCUT2D eigenvalue weighted by atomic mass is 9.89. The summed E-state index contributed by atoms with van der Waals surface area (Å²) in [6, 6.07) is 7.49. The van der Waals surface area contributed by atoms with Crippen molar-refractivity contribution in [1.82, 2.24) is 5.32 Å². The highest BCUT2D eigenvalue weighted by atomic mass is 16.5. The molecule has 2 rings (SSSR count). The van der Waals surface area contributed by atoms with E-state index in [0.717, 1.165) is 12.5 Å². The van der Waals surface area contributed by atoms with Crippen LogP contribution in [0.25, 0.3) is 0 Å². The zero-order valence-corrected chi connectivity index (χ0v) is 12.9. The molecule has 1 saturated carbocycles. The van der Waals surface area contributed by atoms with Gasteiger partial charge in [-0.05, 0) is 37.4 Å². The number of nitrogens with one attached hydrogen (secondary N) is 1. The molecule has 1 aromatic rings. The van der Waals surface area contributed by atoms with Gasteiger partial charge in [-0.1, -0.05) is 31.4 Å². The summed E-state index contributed by atoms with van der Waals surface area (Å²) in [5.41, 5.74) is 0. The van der Waals surface area contributed by atoms with Crippen molar-refractivity contribution in [2.75, 3.05) is 26.8 Å². The summed E-state index contributed by atoms with van der Waals surface area (Å²) in [6.45, 7) is 1.86. The fourth-order valence-corrected chi connectivity index (χ4v) is 2.83. The van der Waals surface area contributed by atoms with E-state index in [1.54, 1.807) is 7.11 Å². The van der Waals surface area contributed by atoms with E-state index in [0.29, 0.717) is 18.0 Å². The first-order valence-electron chi connectivity index (χ1n) is 7.94. The summed E-state index contributed by atoms with van der Waals surface area (Å²) < 4.78 is 10.8. The molecule has 0 aromatic heterocycles. The number of para-hydroxylation sites is 2. The van der Waals surface area contributed by atoms with Gasteiger partial charge in [-0.25, -0.2) is 0 Å². The van der Waals surface area contributed by atoms with Crippen LogP contribution < -0.4 is 14.8 Å². The molecule has 1 aliphatic rings. The summed E-state index contributed by atoms with van der Waals surface area (Å²) in [5.74, 6) is 2.15. The van der Waals surface area contributed by atoms with E-state index in [2.05, 4.69) is 5.32 Å². The lowest BCUT2D eigenvalue weighted by molar-refractivity contribution is 0.103. The van der Waals surface area contributed by atoms with Crippen molar-refractivity contribution in [3.8, 4) is 11.5 Å². The van der Waals surface area contributed by atoms with Crippen LogP contribution in [0.5, 0.6) is 11.5 Å². The number of hydrogen-bond acceptors (Lipinski definition) is 4. The summed E-state index contributed by atoms with van der Waals surface area (Å²) in [4.78, 5) is 0. The van der Waals surface area contributed by atoms with Crippen molar-refractivity contribution >= 4 is 0 Å². The number of aliphatic hydroxyl groups excluding tert-OH is 1. The predicted molar refractivity (Wildman–Crippen MR) is 83.9 cm³/mol. The van der Waals surface area contributed by atoms with E-state index in [9.17, 15) is 5.11 Å². The molecule has 0 bridgehead atoms. The topological polar surface area (TPSA) is 50.7 Å². The van der Waals surface area contributed by atoms with Crippen LogP contribution in [0.2, 0.25) is 0 Å². The monoisotopic (exact) mass is 293 g/mol. The molecule has 1 atom stereocenters. The molecule has 118 valence electrons. The van der Waals surface area contributed by atoms with Crippen LogP contribution in [0.1, 0.15) is 32.1 Å². The van der Waals surface area contributed by atoms with Gasteiger partial charge in [0.05, 0.1) is 7.11 Å². The number of hydrogen-bond donors (Lipinski definition) is 2. The minimum absolute atomic E-state index is 0.276. The van der Waals surface area contributed by atoms with Crippen LogP contribution in [-0.2, 0) is 0 Å². The molecule has 0 amide bonds. The van der Waals surface area contributed by atoms with Crippen LogP contribution in [0, 0.1) is 5.92 Å². The van der Waals surface area contributed by atoms with Crippen molar-refractivity contribution in [3.05, 3.63) is 24.3 Å². The third-order valence-electron chi connectivity index (χ3n) is 4.04. The van der Waals surface area contributed by atoms with Crippen molar-refractivity contribution in [2.24, 2.45) is 5.92 Å². The lowest BCUT2D eigenvalue weighted by Crippen LogP contribution is -2.34. The Labute approximate surface area is 127 Å². The number of aliphatic hydroxyl groups is 1. The minimum atomic E-state index is -0.501. The molecule has 1 aliphatic carbocycles. The SMILES string of the molecule is COc1ccccc1OCC(O)CNCC1CCCCC1. The van der Waals surface area contributed by atoms with Gasteiger partial charge in [0.25, 0.3) is 0 Å². The molecule has 0 spiro atoms. The summed E-state index contributed by atoms with van der Waals surface area (Å²) >= 11 is 0. The van der Waals surface area contributed by atoms with Gasteiger partial charge < -0.3 is 19.9 Å². The second kappa shape index (κ2) is 8.90. The standard InChI is InChI=1S/C17H27NO3/c1-20-16-9-5-6-10-17(16)21-13-15(19)12-18-11-14-7-3-2-4-8-14/h5-6,9-10,14-15,18-19H,2-4,7-8,11-13H2,1H3. The Kier molecular flexibility index (Phi) is 6.83. The number of rotatable bonds is 8. The van der Waals surface area contributed by atoms with Gasteiger partial charge in [0.15, 0.2) is 11.5 Å². The van der Waals surface area contributed by atoms with E-state index < -0.39 is 6.10 Å². The van der Waals surface area contributed by atoms with Crippen LogP contribution in [0.4, 0.5) is 0 Å². The molecule has 0 saturated heterocycles. The normalized spacial score (nSPS) is 17.4. The average Bonchev–Trinajstić information content (AvgIpc) is 2.54. The fourth-order valence-electron chi connectivity index (χ4n) is 2.83. The van der Waals surface area contributed by atoms with E-state index in [4.69, 9.17) is 9.47 Å². The molecule has 21 heavy (non-hydrogen) atoms. The smallest absolute Gasteiger partial charge is 0.161 e. The minimum Gasteiger partial charge on any atom is -0.493 e. The Hall–Kier alpha value is -1.26. The molecule has 1 aromatic carbocycles. The lowest BCUT2D eigenvalue weighted by Gasteiger charge is -2.22. The molecule has 4 heteroatoms. The maximum Gasteiger partial charge on any atom is 0.161 e. The van der Waals surface area contributed by atoms with Crippen LogP contribution in [0.3, 0.4) is 0 Å². The van der Waals surface area contributed by atoms with Gasteiger partial charge in [0.2, 0.25) is 0 Å². The van der Waals surface area contributed by atoms with E-state index in [1.807, 2.05) is 24.3 Å². The second-order valence-electron chi connectivity index (χ2n) is 5.78. The average molecular weight is 293 g/mol. The number of ether oxygens (including phenoxy) is 2. The first kappa shape index (κ1) is 16.1. The summed E-state index contributed by atoms with van der Waals surface area (Å²) in [5, 5.41) is 13.3. The molecule has 0 heterocycles. The van der Waals surface area contributed by atoms with Crippen molar-refractivity contribution in [1.29, 1.82) is 0 Å². The Bertz CT molecular complexity index is 405. The van der Waals surface area contributed by atoms with Crippen molar-refractivity contribution in [3.63, 3.8) is 0 Å². The first-order chi connectivity index (χ1) is 10.3. The van der Waals surface area contributed by atoms with Crippen LogP contribution in [-0.4, -0.2) is 38.0 Å². The molecule has 0 aliphatic heterocycles. The third kappa shape index (κ3) is 5.56. The fraction of sp³-hybridized carbons (Fsp3) is 0.647. The highest BCUT2D eigenvalue weighted by Gasteiger charge is 2.14. The zero-order chi connectivity index (χ0) is 14.9. The Balaban J connectivity index is 1.63. The molecule has 0 radical (unpaired) electrons. The highest BCUT2D eigenvalue weighted by molar-refractivity contribution is 5.39. The van der Waals surface area contributed by atoms with Gasteiger partial charge in [-0.15, -0.1) is 0 Å². The van der Waals surface area contributed by atoms with Crippen LogP contribution in [0.15, 0.2) is 24.3 Å². The highest BCUT2D eigenvalue weighted by Crippen LogP contribution is 2.25. The molecule has 4 nitrogen and oxygen atoms in total. The Morgan fingerprint density at radius 1 is 1.19 bits per heavy atom. The van der Waals surface area contributed by atoms with E-state index >= 15 is 0 Å². The summed E-state index contributed by atoms with van der Waals surface area (Å²) in [7, 11) is 1.62. The van der Waals surface area contributed by atoms with Crippen LogP contribution >= 0.6 is 0 Å². The van der Waals surface area contributed by atoms with Crippen molar-refractivity contribution < 1.29 is 14.6 Å². The molecule has 2 N–H and O–H groups in total. The maximum absolute atomic E-state index is 9.98. The molecule has 1 fully saturated rings. The molecular formula is C17H27NO3. The third-order valence-corrected chi connectivity index (χ3v) is 4.04. The van der Waals surface area contributed by atoms with Gasteiger partial charge >= 0.3 is 0 Å². The summed E-state index contributed by atoms with van der Waals surface area (Å²) in [6.07, 6.45) is 6.23. The van der Waals surface area contributed by atoms with Gasteiger partial charge in [-0.3, -0.25) is 0 Å². The maximum atomic E-state index is 9.98. The van der Waals surface area contributed by atoms with Crippen molar-refractivity contribution in [2.45, 2.75) is 38.2 Å². The zero-order valence-electron chi connectivity index (χ0n) is 12.9. The number of benzene rings is 1. The van der Waals surface area contributed by atoms with E-state index in [-0.39, 0.29) is 6.61 Å². The largest absolute Gasteiger partial charge is 0.493 e. The molecule has 1 unspecified atom stereocenters. The predicted octanol–water partition coefficient (Wildman–Crippen LogP) is 2.60.